The third-order valence-corrected chi connectivity index (χ3v) is 19.8. The molecule has 3 unspecified atom stereocenters. The van der Waals surface area contributed by atoms with Crippen LogP contribution >= 0.6 is 0 Å². The molecule has 488 valence electrons. The summed E-state index contributed by atoms with van der Waals surface area (Å²) in [4.78, 5) is 30.0. The Morgan fingerprint density at radius 3 is 2.30 bits per heavy atom. The molecule has 0 saturated carbocycles. The van der Waals surface area contributed by atoms with Gasteiger partial charge in [-0.2, -0.15) is 0 Å². The van der Waals surface area contributed by atoms with Crippen LogP contribution in [0.25, 0.3) is 0 Å². The van der Waals surface area contributed by atoms with Gasteiger partial charge in [0.2, 0.25) is 0 Å². The molecule has 2 N–H and O–H groups in total. The summed E-state index contributed by atoms with van der Waals surface area (Å²) in [6, 6.07) is 19.7. The van der Waals surface area contributed by atoms with Gasteiger partial charge in [-0.3, -0.25) is 14.6 Å². The Hall–Kier alpha value is -4.22. The number of aliphatic hydroxyl groups is 2. The van der Waals surface area contributed by atoms with Crippen molar-refractivity contribution < 1.29 is 76.6 Å². The van der Waals surface area contributed by atoms with Gasteiger partial charge in [0, 0.05) is 91.4 Å². The van der Waals surface area contributed by atoms with Gasteiger partial charge in [0.25, 0.3) is 6.47 Å². The fourth-order valence-corrected chi connectivity index (χ4v) is 14.4. The number of aryl methyl sites for hydroxylation is 1. The second-order valence-electron chi connectivity index (χ2n) is 26.1. The molecule has 6 heterocycles. The van der Waals surface area contributed by atoms with Crippen LogP contribution in [0.15, 0.2) is 102 Å². The first kappa shape index (κ1) is 68.2. The smallest absolute Gasteiger partial charge is 0.332 e. The molecule has 2 aromatic carbocycles. The monoisotopic (exact) mass is 1230 g/mol. The maximum absolute atomic E-state index is 13.3. The average Bonchev–Trinajstić information content (AvgIpc) is 1.76. The maximum atomic E-state index is 13.3. The maximum Gasteiger partial charge on any atom is 0.332 e. The first-order valence-electron chi connectivity index (χ1n) is 32.5. The highest BCUT2D eigenvalue weighted by Crippen LogP contribution is 2.46. The fraction of sp³-hybridized carbons (Fsp3) is 0.686. The van der Waals surface area contributed by atoms with Crippen molar-refractivity contribution in [2.75, 3.05) is 66.8 Å². The Kier molecular flexibility index (Phi) is 24.3. The molecule has 7 aliphatic rings. The normalized spacial score (nSPS) is 36.2. The highest BCUT2D eigenvalue weighted by molar-refractivity contribution is 5.71. The number of allylic oxidation sites excluding steroid dienone is 2. The van der Waals surface area contributed by atoms with E-state index in [9.17, 15) is 19.8 Å². The number of hydrogen-bond donors (Lipinski definition) is 2. The second-order valence-corrected chi connectivity index (χ2v) is 26.1. The number of hydrogen-bond acceptors (Lipinski definition) is 18. The van der Waals surface area contributed by atoms with Gasteiger partial charge in [-0.25, -0.2) is 4.79 Å². The van der Waals surface area contributed by atoms with Gasteiger partial charge in [0.1, 0.15) is 42.7 Å². The van der Waals surface area contributed by atoms with E-state index < -0.39 is 84.9 Å². The zero-order valence-corrected chi connectivity index (χ0v) is 54.1. The Balaban J connectivity index is 0.791. The lowest BCUT2D eigenvalue weighted by atomic mass is 9.78. The summed E-state index contributed by atoms with van der Waals surface area (Å²) in [6.07, 6.45) is 7.75. The quantitative estimate of drug-likeness (QED) is 0.0413. The van der Waals surface area contributed by atoms with E-state index >= 15 is 0 Å². The van der Waals surface area contributed by atoms with Crippen LogP contribution in [0.5, 0.6) is 0 Å². The van der Waals surface area contributed by atoms with Crippen molar-refractivity contribution in [2.24, 2.45) is 17.8 Å². The van der Waals surface area contributed by atoms with Crippen LogP contribution < -0.4 is 0 Å². The van der Waals surface area contributed by atoms with E-state index in [0.29, 0.717) is 75.6 Å². The van der Waals surface area contributed by atoms with Crippen LogP contribution in [-0.2, 0) is 66.4 Å². The predicted molar refractivity (Wildman–Crippen MR) is 332 cm³/mol. The SMILES string of the molecule is CC[C@H](C)C1O[C@]2(CC[C@@H]1C)C[C@@H](OC=O)C[C@@H](C/C=C(\C)[C@@H](O[C@H]1C[C@H](OC)[C@@H](O[C@H]3C[C@H](OC)[C@@H](OC(=O)COCCN4CCN(C(c5ccccc5)c5ccc(C)cc5)CC4)[C@H](C)O3)[C@H](C)O1)[C@@H](C)/C=C/C=C1\CO[C@@H]3[C@H](O)C(C)=CCC13O)O2. The number of rotatable bonds is 25. The summed E-state index contributed by atoms with van der Waals surface area (Å²) in [5.41, 5.74) is 4.96. The number of methoxy groups -OCH3 is 2. The molecular weight excluding hydrogens is 1120 g/mol. The Labute approximate surface area is 523 Å². The molecule has 0 radical (unpaired) electrons. The van der Waals surface area contributed by atoms with Gasteiger partial charge in [-0.15, -0.1) is 0 Å². The van der Waals surface area contributed by atoms with Gasteiger partial charge < -0.3 is 67.1 Å². The van der Waals surface area contributed by atoms with E-state index in [1.165, 1.54) is 16.7 Å². The molecule has 0 amide bonds. The molecule has 6 saturated heterocycles. The van der Waals surface area contributed by atoms with Gasteiger partial charge in [-0.05, 0) is 87.1 Å². The number of ether oxygens (including phenoxy) is 12. The van der Waals surface area contributed by atoms with Crippen LogP contribution in [0, 0.1) is 24.7 Å². The number of carbonyl (C=O) groups is 2. The lowest BCUT2D eigenvalue weighted by Gasteiger charge is -2.50. The zero-order chi connectivity index (χ0) is 62.7. The Bertz CT molecular complexity index is 2660. The van der Waals surface area contributed by atoms with Crippen LogP contribution in [0.3, 0.4) is 0 Å². The molecule has 9 rings (SSSR count). The molecule has 0 bridgehead atoms. The highest BCUT2D eigenvalue weighted by atomic mass is 16.7. The van der Waals surface area contributed by atoms with E-state index in [2.05, 4.69) is 112 Å². The number of fused-ring (bicyclic) bond motifs is 1. The summed E-state index contributed by atoms with van der Waals surface area (Å²) in [6.45, 7) is 23.8. The lowest BCUT2D eigenvalue weighted by molar-refractivity contribution is -0.340. The van der Waals surface area contributed by atoms with Gasteiger partial charge in [0.05, 0.1) is 55.9 Å². The van der Waals surface area contributed by atoms with Crippen molar-refractivity contribution in [3.63, 3.8) is 0 Å². The third kappa shape index (κ3) is 16.7. The van der Waals surface area contributed by atoms with Crippen molar-refractivity contribution in [1.29, 1.82) is 0 Å². The molecular formula is C70H102N2O16. The van der Waals surface area contributed by atoms with Gasteiger partial charge in [-0.1, -0.05) is 125 Å². The predicted octanol–water partition coefficient (Wildman–Crippen LogP) is 9.27. The number of benzene rings is 2. The first-order chi connectivity index (χ1) is 42.3. The number of nitrogens with zero attached hydrogens (tertiary/aromatic N) is 2. The van der Waals surface area contributed by atoms with Crippen LogP contribution in [-0.4, -0.2) is 196 Å². The molecule has 2 aromatic rings. The fourth-order valence-electron chi connectivity index (χ4n) is 14.4. The Morgan fingerprint density at radius 2 is 1.58 bits per heavy atom. The van der Waals surface area contributed by atoms with Crippen molar-refractivity contribution in [3.05, 3.63) is 118 Å². The molecule has 1 aliphatic carbocycles. The van der Waals surface area contributed by atoms with Crippen LogP contribution in [0.1, 0.15) is 136 Å². The van der Waals surface area contributed by atoms with Crippen LogP contribution in [0.2, 0.25) is 0 Å². The zero-order valence-electron chi connectivity index (χ0n) is 54.1. The molecule has 6 aliphatic heterocycles. The van der Waals surface area contributed by atoms with Gasteiger partial charge >= 0.3 is 5.97 Å². The average molecular weight is 1230 g/mol. The molecule has 18 nitrogen and oxygen atoms in total. The van der Waals surface area contributed by atoms with Crippen molar-refractivity contribution in [3.8, 4) is 0 Å². The molecule has 88 heavy (non-hydrogen) atoms. The number of esters is 1. The highest BCUT2D eigenvalue weighted by Gasteiger charge is 2.52. The van der Waals surface area contributed by atoms with E-state index in [-0.39, 0.29) is 43.5 Å². The minimum absolute atomic E-state index is 0.0354. The van der Waals surface area contributed by atoms with E-state index in [0.717, 1.165) is 56.6 Å². The number of piperazine rings is 1. The molecule has 20 atom stereocenters. The van der Waals surface area contributed by atoms with Crippen LogP contribution in [0.4, 0.5) is 0 Å². The molecule has 6 fully saturated rings. The van der Waals surface area contributed by atoms with E-state index in [4.69, 9.17) is 56.8 Å². The summed E-state index contributed by atoms with van der Waals surface area (Å²) >= 11 is 0. The van der Waals surface area contributed by atoms with Crippen molar-refractivity contribution >= 4 is 12.4 Å². The number of carbonyl (C=O) groups excluding carboxylic acids is 2. The van der Waals surface area contributed by atoms with Crippen molar-refractivity contribution in [2.45, 2.75) is 223 Å². The summed E-state index contributed by atoms with van der Waals surface area (Å²) in [7, 11) is 3.25. The second kappa shape index (κ2) is 31.4. The largest absolute Gasteiger partial charge is 0.464 e. The summed E-state index contributed by atoms with van der Waals surface area (Å²) in [5.74, 6) is -0.802. The minimum Gasteiger partial charge on any atom is -0.464 e. The first-order valence-corrected chi connectivity index (χ1v) is 32.5. The third-order valence-electron chi connectivity index (χ3n) is 19.8. The summed E-state index contributed by atoms with van der Waals surface area (Å²) in [5, 5.41) is 22.6. The number of aliphatic hydroxyl groups excluding tert-OH is 1. The molecule has 18 heteroatoms. The molecule has 0 aromatic heterocycles. The topological polar surface area (TPSA) is 192 Å². The lowest BCUT2D eigenvalue weighted by Crippen LogP contribution is -2.56. The Morgan fingerprint density at radius 1 is 0.886 bits per heavy atom. The minimum atomic E-state index is -1.31. The summed E-state index contributed by atoms with van der Waals surface area (Å²) < 4.78 is 76.3. The van der Waals surface area contributed by atoms with E-state index in [1.54, 1.807) is 14.2 Å². The standard InChI is InChI=1S/C70H102N2O16/c1-12-45(3)65-49(7)27-29-69(88-65)40-56(81-43-73)37-55(87-69)26-23-48(6)64(47(5)17-16-20-54-41-80-68-63(75)46(4)28-30-70(54,68)76)85-60-39-58(78-11)67(51(9)83-60)86-61-38-57(77-10)66(50(8)82-61)84-59(74)42-79-36-35-71-31-33-72(34-32-71)62(52-18-14-13-15-19-52)53-24-21-44(2)22-25-53/h13-25,28,43,45,47,49-51,55-58,60-68,75-76H,12,26-27,29-42H2,1-11H3/b17-16+,48-23+,54-20+/t45-,47-,49-,50-,51-,55+,56-,57-,58-,60-,61-,62?,63+,64-,65?,66-,67-,68+,69+,70?/m0/s1. The van der Waals surface area contributed by atoms with Gasteiger partial charge in [0.15, 0.2) is 24.5 Å². The van der Waals surface area contributed by atoms with Crippen molar-refractivity contribution in [1.82, 2.24) is 9.80 Å². The molecule has 1 spiro atoms. The van der Waals surface area contributed by atoms with E-state index in [1.807, 2.05) is 45.1 Å².